The zero-order chi connectivity index (χ0) is 6.57. The van der Waals surface area contributed by atoms with Gasteiger partial charge in [-0.05, 0) is 12.3 Å². The molecule has 0 aliphatic rings. The highest BCUT2D eigenvalue weighted by Gasteiger charge is 2.02. The quantitative estimate of drug-likeness (QED) is 0.541. The first-order valence-electron chi connectivity index (χ1n) is 2.74. The Morgan fingerprint density at radius 1 is 1.62 bits per heavy atom. The Kier molecular flexibility index (Phi) is 3.21. The fraction of sp³-hybridized carbons (Fsp3) is 0.833. The van der Waals surface area contributed by atoms with Crippen LogP contribution in [0.2, 0.25) is 0 Å². The van der Waals surface area contributed by atoms with Gasteiger partial charge in [0.1, 0.15) is 6.10 Å². The summed E-state index contributed by atoms with van der Waals surface area (Å²) in [7, 11) is 0. The molecule has 0 aromatic carbocycles. The Bertz CT molecular complexity index is 93.2. The lowest BCUT2D eigenvalue weighted by molar-refractivity contribution is 0.201. The van der Waals surface area contributed by atoms with Gasteiger partial charge < -0.3 is 5.11 Å². The van der Waals surface area contributed by atoms with Crippen LogP contribution in [0, 0.1) is 17.2 Å². The standard InChI is InChI=1S/C6H11NO/c1-5(2)3-6(8)4-7/h5-6,8H,3H2,1-2H3. The van der Waals surface area contributed by atoms with Crippen LogP contribution >= 0.6 is 0 Å². The topological polar surface area (TPSA) is 44.0 Å². The molecule has 2 heteroatoms. The van der Waals surface area contributed by atoms with Crippen LogP contribution in [0.4, 0.5) is 0 Å². The molecule has 1 N–H and O–H groups in total. The third-order valence-electron chi connectivity index (χ3n) is 0.844. The van der Waals surface area contributed by atoms with Crippen LogP contribution in [0.5, 0.6) is 0 Å². The second kappa shape index (κ2) is 3.45. The van der Waals surface area contributed by atoms with Crippen LogP contribution in [-0.4, -0.2) is 11.2 Å². The number of rotatable bonds is 2. The number of aliphatic hydroxyl groups is 1. The molecule has 0 bridgehead atoms. The van der Waals surface area contributed by atoms with Crippen LogP contribution in [0.1, 0.15) is 20.3 Å². The van der Waals surface area contributed by atoms with E-state index in [1.165, 1.54) is 0 Å². The van der Waals surface area contributed by atoms with E-state index in [-0.39, 0.29) is 0 Å². The molecule has 0 fully saturated rings. The van der Waals surface area contributed by atoms with Gasteiger partial charge in [0.15, 0.2) is 0 Å². The molecule has 1 unspecified atom stereocenters. The minimum Gasteiger partial charge on any atom is -0.378 e. The fourth-order valence-electron chi connectivity index (χ4n) is 0.499. The molecule has 8 heavy (non-hydrogen) atoms. The van der Waals surface area contributed by atoms with Crippen molar-refractivity contribution in [2.24, 2.45) is 5.92 Å². The first-order valence-corrected chi connectivity index (χ1v) is 2.74. The van der Waals surface area contributed by atoms with Crippen LogP contribution < -0.4 is 0 Å². The first kappa shape index (κ1) is 7.45. The molecule has 0 aliphatic carbocycles. The van der Waals surface area contributed by atoms with Gasteiger partial charge in [-0.1, -0.05) is 13.8 Å². The number of nitriles is 1. The molecule has 0 heterocycles. The molecule has 0 amide bonds. The average molecular weight is 113 g/mol. The van der Waals surface area contributed by atoms with Crippen molar-refractivity contribution in [2.45, 2.75) is 26.4 Å². The predicted molar refractivity (Wildman–Crippen MR) is 31.1 cm³/mol. The lowest BCUT2D eigenvalue weighted by Crippen LogP contribution is -2.05. The van der Waals surface area contributed by atoms with E-state index < -0.39 is 6.10 Å². The zero-order valence-electron chi connectivity index (χ0n) is 5.26. The van der Waals surface area contributed by atoms with Gasteiger partial charge in [0.05, 0.1) is 6.07 Å². The van der Waals surface area contributed by atoms with Crippen molar-refractivity contribution < 1.29 is 5.11 Å². The Labute approximate surface area is 49.8 Å². The third-order valence-corrected chi connectivity index (χ3v) is 0.844. The minimum atomic E-state index is -0.769. The van der Waals surface area contributed by atoms with Crippen LogP contribution in [-0.2, 0) is 0 Å². The molecular weight excluding hydrogens is 102 g/mol. The molecular formula is C6H11NO. The Morgan fingerprint density at radius 3 is 2.25 bits per heavy atom. The lowest BCUT2D eigenvalue weighted by atomic mass is 10.1. The van der Waals surface area contributed by atoms with E-state index in [9.17, 15) is 0 Å². The van der Waals surface area contributed by atoms with Gasteiger partial charge in [-0.2, -0.15) is 5.26 Å². The van der Waals surface area contributed by atoms with Gasteiger partial charge in [-0.3, -0.25) is 0 Å². The Morgan fingerprint density at radius 2 is 2.12 bits per heavy atom. The summed E-state index contributed by atoms with van der Waals surface area (Å²) in [4.78, 5) is 0. The number of aliphatic hydroxyl groups excluding tert-OH is 1. The van der Waals surface area contributed by atoms with Gasteiger partial charge >= 0.3 is 0 Å². The van der Waals surface area contributed by atoms with Crippen molar-refractivity contribution in [3.63, 3.8) is 0 Å². The second-order valence-electron chi connectivity index (χ2n) is 2.27. The van der Waals surface area contributed by atoms with Crippen LogP contribution in [0.15, 0.2) is 0 Å². The smallest absolute Gasteiger partial charge is 0.140 e. The second-order valence-corrected chi connectivity index (χ2v) is 2.27. The first-order chi connectivity index (χ1) is 3.66. The number of nitrogens with zero attached hydrogens (tertiary/aromatic N) is 1. The predicted octanol–water partition coefficient (Wildman–Crippen LogP) is 0.917. The van der Waals surface area contributed by atoms with Gasteiger partial charge in [-0.15, -0.1) is 0 Å². The van der Waals surface area contributed by atoms with Crippen molar-refractivity contribution in [2.75, 3.05) is 0 Å². The van der Waals surface area contributed by atoms with Crippen LogP contribution in [0.3, 0.4) is 0 Å². The summed E-state index contributed by atoms with van der Waals surface area (Å²) < 4.78 is 0. The van der Waals surface area contributed by atoms with Crippen molar-refractivity contribution >= 4 is 0 Å². The van der Waals surface area contributed by atoms with Crippen molar-refractivity contribution in [1.29, 1.82) is 5.26 Å². The average Bonchev–Trinajstić information content (AvgIpc) is 1.65. The van der Waals surface area contributed by atoms with E-state index >= 15 is 0 Å². The molecule has 0 spiro atoms. The molecule has 0 aliphatic heterocycles. The third kappa shape index (κ3) is 3.63. The van der Waals surface area contributed by atoms with Crippen molar-refractivity contribution in [1.82, 2.24) is 0 Å². The Hall–Kier alpha value is -0.550. The highest BCUT2D eigenvalue weighted by Crippen LogP contribution is 2.02. The normalized spacial score (nSPS) is 13.4. The monoisotopic (exact) mass is 113 g/mol. The maximum atomic E-state index is 8.67. The summed E-state index contributed by atoms with van der Waals surface area (Å²) in [6.45, 7) is 3.95. The zero-order valence-corrected chi connectivity index (χ0v) is 5.26. The molecule has 0 rings (SSSR count). The van der Waals surface area contributed by atoms with E-state index in [0.29, 0.717) is 12.3 Å². The van der Waals surface area contributed by atoms with Crippen molar-refractivity contribution in [3.8, 4) is 6.07 Å². The van der Waals surface area contributed by atoms with E-state index in [1.54, 1.807) is 6.07 Å². The largest absolute Gasteiger partial charge is 0.378 e. The summed E-state index contributed by atoms with van der Waals surface area (Å²) >= 11 is 0. The van der Waals surface area contributed by atoms with Gasteiger partial charge in [-0.25, -0.2) is 0 Å². The van der Waals surface area contributed by atoms with E-state index in [2.05, 4.69) is 0 Å². The summed E-state index contributed by atoms with van der Waals surface area (Å²) in [5, 5.41) is 16.8. The SMILES string of the molecule is CC(C)CC(O)C#N. The summed E-state index contributed by atoms with van der Waals surface area (Å²) in [5.74, 6) is 0.407. The van der Waals surface area contributed by atoms with E-state index in [4.69, 9.17) is 10.4 Å². The van der Waals surface area contributed by atoms with Crippen LogP contribution in [0.25, 0.3) is 0 Å². The number of hydrogen-bond acceptors (Lipinski definition) is 2. The molecule has 0 aromatic rings. The van der Waals surface area contributed by atoms with Gasteiger partial charge in [0, 0.05) is 0 Å². The lowest BCUT2D eigenvalue weighted by Gasteiger charge is -2.02. The summed E-state index contributed by atoms with van der Waals surface area (Å²) in [6.07, 6.45) is -0.189. The molecule has 0 saturated carbocycles. The molecule has 0 aromatic heterocycles. The maximum absolute atomic E-state index is 8.67. The highest BCUT2D eigenvalue weighted by atomic mass is 16.3. The maximum Gasteiger partial charge on any atom is 0.140 e. The van der Waals surface area contributed by atoms with Crippen molar-refractivity contribution in [3.05, 3.63) is 0 Å². The molecule has 1 atom stereocenters. The van der Waals surface area contributed by atoms with Gasteiger partial charge in [0.25, 0.3) is 0 Å². The Balaban J connectivity index is 3.28. The van der Waals surface area contributed by atoms with E-state index in [1.807, 2.05) is 13.8 Å². The molecule has 46 valence electrons. The highest BCUT2D eigenvalue weighted by molar-refractivity contribution is 4.82. The number of hydrogen-bond donors (Lipinski definition) is 1. The minimum absolute atomic E-state index is 0.407. The van der Waals surface area contributed by atoms with E-state index in [0.717, 1.165) is 0 Å². The summed E-state index contributed by atoms with van der Waals surface area (Å²) in [6, 6.07) is 1.75. The fourth-order valence-corrected chi connectivity index (χ4v) is 0.499. The molecule has 2 nitrogen and oxygen atoms in total. The molecule has 0 saturated heterocycles. The summed E-state index contributed by atoms with van der Waals surface area (Å²) in [5.41, 5.74) is 0. The molecule has 0 radical (unpaired) electrons. The van der Waals surface area contributed by atoms with Gasteiger partial charge in [0.2, 0.25) is 0 Å².